The van der Waals surface area contributed by atoms with Gasteiger partial charge in [0.25, 0.3) is 5.91 Å². The van der Waals surface area contributed by atoms with Crippen molar-refractivity contribution in [3.8, 4) is 0 Å². The number of carbonyl (C=O) groups is 3. The average Bonchev–Trinajstić information content (AvgIpc) is 2.70. The van der Waals surface area contributed by atoms with Crippen LogP contribution in [0.3, 0.4) is 0 Å². The summed E-state index contributed by atoms with van der Waals surface area (Å²) >= 11 is 0. The molecule has 1 aromatic heterocycles. The Morgan fingerprint density at radius 3 is 2.30 bits per heavy atom. The number of rotatable bonds is 2. The molecule has 3 heterocycles. The highest BCUT2D eigenvalue weighted by molar-refractivity contribution is 5.95. The van der Waals surface area contributed by atoms with Crippen LogP contribution < -0.4 is 0 Å². The maximum absolute atomic E-state index is 12.7. The molecular weight excluding hydrogens is 403 g/mol. The first-order chi connectivity index (χ1) is 14.0. The highest BCUT2D eigenvalue weighted by atomic mass is 19.4. The van der Waals surface area contributed by atoms with Crippen LogP contribution in [0.4, 0.5) is 13.2 Å². The Labute approximate surface area is 172 Å². The van der Waals surface area contributed by atoms with Gasteiger partial charge in [-0.2, -0.15) is 13.2 Å². The predicted octanol–water partition coefficient (Wildman–Crippen LogP) is 2.89. The van der Waals surface area contributed by atoms with Crippen molar-refractivity contribution in [1.29, 1.82) is 0 Å². The van der Waals surface area contributed by atoms with Gasteiger partial charge in [0.2, 0.25) is 5.91 Å². The van der Waals surface area contributed by atoms with Crippen LogP contribution in [0, 0.1) is 12.3 Å². The fourth-order valence-electron chi connectivity index (χ4n) is 3.91. The number of hydrogen-bond acceptors (Lipinski definition) is 4. The van der Waals surface area contributed by atoms with Crippen molar-refractivity contribution in [3.05, 3.63) is 29.6 Å². The Hall–Kier alpha value is -2.65. The van der Waals surface area contributed by atoms with Gasteiger partial charge in [-0.1, -0.05) is 0 Å². The van der Waals surface area contributed by atoms with Crippen LogP contribution >= 0.6 is 0 Å². The third-order valence-electron chi connectivity index (χ3n) is 5.73. The molecule has 2 amide bonds. The van der Waals surface area contributed by atoms with Crippen molar-refractivity contribution < 1.29 is 32.7 Å². The van der Waals surface area contributed by atoms with E-state index in [1.165, 1.54) is 0 Å². The summed E-state index contributed by atoms with van der Waals surface area (Å²) in [6.45, 7) is 6.98. The van der Waals surface area contributed by atoms with Crippen LogP contribution in [0.2, 0.25) is 0 Å². The van der Waals surface area contributed by atoms with E-state index in [0.717, 1.165) is 44.3 Å². The molecule has 2 aliphatic rings. The minimum absolute atomic E-state index is 0.0426. The standard InChI is InChI=1S/C18H25N3O2.C2HF3O2/c1-3-20-10-4-6-18(17(20)23)7-11-21(12-8-18)16(22)15-13-19-9-5-14(15)2;3-2(4,5)1(6)7/h5,9,13H,3-4,6-8,10-12H2,1-2H3;(H,6,7). The normalized spacial score (nSPS) is 18.6. The minimum atomic E-state index is -5.08. The first kappa shape index (κ1) is 23.6. The summed E-state index contributed by atoms with van der Waals surface area (Å²) < 4.78 is 31.7. The molecule has 2 saturated heterocycles. The number of halogens is 3. The SMILES string of the molecule is CCN1CCCC2(CCN(C(=O)c3cnccc3C)CC2)C1=O.O=C(O)C(F)(F)F. The number of nitrogens with zero attached hydrogens (tertiary/aromatic N) is 3. The lowest BCUT2D eigenvalue weighted by Gasteiger charge is -2.46. The van der Waals surface area contributed by atoms with E-state index < -0.39 is 12.1 Å². The molecule has 3 rings (SSSR count). The molecule has 0 radical (unpaired) electrons. The highest BCUT2D eigenvalue weighted by Gasteiger charge is 2.45. The summed E-state index contributed by atoms with van der Waals surface area (Å²) in [7, 11) is 0. The molecule has 2 fully saturated rings. The van der Waals surface area contributed by atoms with Crippen molar-refractivity contribution in [3.63, 3.8) is 0 Å². The number of carbonyl (C=O) groups excluding carboxylic acids is 2. The molecule has 1 spiro atoms. The Morgan fingerprint density at radius 2 is 1.80 bits per heavy atom. The maximum atomic E-state index is 12.7. The molecule has 0 saturated carbocycles. The van der Waals surface area contributed by atoms with E-state index in [4.69, 9.17) is 9.90 Å². The second-order valence-electron chi connectivity index (χ2n) is 7.55. The molecular formula is C20H26F3N3O4. The molecule has 10 heteroatoms. The number of carboxylic acid groups (broad SMARTS) is 1. The number of hydrogen-bond donors (Lipinski definition) is 1. The van der Waals surface area contributed by atoms with Crippen molar-refractivity contribution in [2.45, 2.75) is 45.7 Å². The van der Waals surface area contributed by atoms with Crippen molar-refractivity contribution in [2.75, 3.05) is 26.2 Å². The smallest absolute Gasteiger partial charge is 0.475 e. The van der Waals surface area contributed by atoms with Crippen LogP contribution in [0.25, 0.3) is 0 Å². The largest absolute Gasteiger partial charge is 0.490 e. The van der Waals surface area contributed by atoms with Gasteiger partial charge in [-0.25, -0.2) is 4.79 Å². The molecule has 0 aliphatic carbocycles. The lowest BCUT2D eigenvalue weighted by molar-refractivity contribution is -0.192. The summed E-state index contributed by atoms with van der Waals surface area (Å²) in [6.07, 6.45) is 1.89. The van der Waals surface area contributed by atoms with Gasteiger partial charge in [0.1, 0.15) is 0 Å². The van der Waals surface area contributed by atoms with Crippen molar-refractivity contribution >= 4 is 17.8 Å². The number of aryl methyl sites for hydroxylation is 1. The topological polar surface area (TPSA) is 90.8 Å². The molecule has 0 bridgehead atoms. The lowest BCUT2D eigenvalue weighted by Crippen LogP contribution is -2.54. The van der Waals surface area contributed by atoms with Crippen molar-refractivity contribution in [2.24, 2.45) is 5.41 Å². The summed E-state index contributed by atoms with van der Waals surface area (Å²) in [6, 6.07) is 1.86. The van der Waals surface area contributed by atoms with Crippen LogP contribution in [0.15, 0.2) is 18.5 Å². The van der Waals surface area contributed by atoms with Crippen LogP contribution in [0.5, 0.6) is 0 Å². The van der Waals surface area contributed by atoms with Crippen LogP contribution in [-0.4, -0.2) is 70.0 Å². The Kier molecular flexibility index (Phi) is 7.44. The Morgan fingerprint density at radius 1 is 1.20 bits per heavy atom. The second kappa shape index (κ2) is 9.44. The van der Waals surface area contributed by atoms with Crippen molar-refractivity contribution in [1.82, 2.24) is 14.8 Å². The molecule has 30 heavy (non-hydrogen) atoms. The molecule has 2 aliphatic heterocycles. The summed E-state index contributed by atoms with van der Waals surface area (Å²) in [4.78, 5) is 42.3. The van der Waals surface area contributed by atoms with E-state index in [1.807, 2.05) is 29.7 Å². The minimum Gasteiger partial charge on any atom is -0.475 e. The molecule has 1 N–H and O–H groups in total. The number of carboxylic acids is 1. The van der Waals surface area contributed by atoms with E-state index in [9.17, 15) is 22.8 Å². The summed E-state index contributed by atoms with van der Waals surface area (Å²) in [5.41, 5.74) is 1.40. The van der Waals surface area contributed by atoms with Gasteiger partial charge >= 0.3 is 12.1 Å². The number of alkyl halides is 3. The Bertz CT molecular complexity index is 790. The predicted molar refractivity (Wildman–Crippen MR) is 102 cm³/mol. The summed E-state index contributed by atoms with van der Waals surface area (Å²) in [5, 5.41) is 7.12. The number of aliphatic carboxylic acids is 1. The number of amides is 2. The van der Waals surface area contributed by atoms with Crippen LogP contribution in [-0.2, 0) is 9.59 Å². The Balaban J connectivity index is 0.000000396. The molecule has 0 atom stereocenters. The molecule has 0 unspecified atom stereocenters. The molecule has 1 aromatic rings. The highest BCUT2D eigenvalue weighted by Crippen LogP contribution is 2.41. The lowest BCUT2D eigenvalue weighted by atomic mass is 9.71. The zero-order chi connectivity index (χ0) is 22.5. The number of piperidine rings is 2. The fraction of sp³-hybridized carbons (Fsp3) is 0.600. The van der Waals surface area contributed by atoms with E-state index >= 15 is 0 Å². The van der Waals surface area contributed by atoms with Gasteiger partial charge in [0.15, 0.2) is 0 Å². The molecule has 166 valence electrons. The first-order valence-electron chi connectivity index (χ1n) is 9.81. The van der Waals surface area contributed by atoms with Gasteiger partial charge in [0.05, 0.1) is 11.0 Å². The number of likely N-dealkylation sites (tertiary alicyclic amines) is 2. The monoisotopic (exact) mass is 429 g/mol. The van der Waals surface area contributed by atoms with E-state index in [0.29, 0.717) is 24.6 Å². The first-order valence-corrected chi connectivity index (χ1v) is 9.81. The van der Waals surface area contributed by atoms with Gasteiger partial charge in [-0.15, -0.1) is 0 Å². The average molecular weight is 429 g/mol. The zero-order valence-corrected chi connectivity index (χ0v) is 17.0. The summed E-state index contributed by atoms with van der Waals surface area (Å²) in [5.74, 6) is -2.41. The second-order valence-corrected chi connectivity index (χ2v) is 7.55. The quantitative estimate of drug-likeness (QED) is 0.781. The number of aromatic nitrogens is 1. The molecule has 7 nitrogen and oxygen atoms in total. The molecule has 0 aromatic carbocycles. The maximum Gasteiger partial charge on any atom is 0.490 e. The van der Waals surface area contributed by atoms with Crippen LogP contribution in [0.1, 0.15) is 48.5 Å². The fourth-order valence-corrected chi connectivity index (χ4v) is 3.91. The van der Waals surface area contributed by atoms with E-state index in [-0.39, 0.29) is 11.3 Å². The third kappa shape index (κ3) is 5.28. The van der Waals surface area contributed by atoms with Gasteiger partial charge in [0, 0.05) is 38.6 Å². The van der Waals surface area contributed by atoms with E-state index in [1.54, 1.807) is 12.4 Å². The third-order valence-corrected chi connectivity index (χ3v) is 5.73. The number of pyridine rings is 1. The van der Waals surface area contributed by atoms with E-state index in [2.05, 4.69) is 4.98 Å². The van der Waals surface area contributed by atoms with Gasteiger partial charge in [-0.05, 0) is 51.2 Å². The zero-order valence-electron chi connectivity index (χ0n) is 17.0. The van der Waals surface area contributed by atoms with Gasteiger partial charge < -0.3 is 14.9 Å². The van der Waals surface area contributed by atoms with Gasteiger partial charge in [-0.3, -0.25) is 14.6 Å².